The first-order chi connectivity index (χ1) is 8.56. The first-order valence-corrected chi connectivity index (χ1v) is 5.28. The lowest BCUT2D eigenvalue weighted by Crippen LogP contribution is -2.44. The van der Waals surface area contributed by atoms with Gasteiger partial charge in [-0.2, -0.15) is 5.26 Å². The van der Waals surface area contributed by atoms with Crippen LogP contribution in [0.2, 0.25) is 0 Å². The molecule has 0 spiro atoms. The Morgan fingerprint density at radius 3 is 2.67 bits per heavy atom. The van der Waals surface area contributed by atoms with Crippen LogP contribution in [0.15, 0.2) is 24.3 Å². The van der Waals surface area contributed by atoms with Gasteiger partial charge < -0.3 is 11.1 Å². The van der Waals surface area contributed by atoms with Gasteiger partial charge in [-0.3, -0.25) is 9.59 Å². The van der Waals surface area contributed by atoms with E-state index in [1.807, 2.05) is 6.07 Å². The summed E-state index contributed by atoms with van der Waals surface area (Å²) in [5, 5.41) is 10.7. The van der Waals surface area contributed by atoms with Crippen LogP contribution in [0.1, 0.15) is 23.2 Å². The summed E-state index contributed by atoms with van der Waals surface area (Å²) >= 11 is 0. The molecule has 0 aromatic heterocycles. The minimum atomic E-state index is -0.975. The summed E-state index contributed by atoms with van der Waals surface area (Å²) in [6, 6.07) is 6.27. The molecule has 0 aliphatic heterocycles. The number of halogens is 1. The van der Waals surface area contributed by atoms with Crippen molar-refractivity contribution < 1.29 is 14.0 Å². The minimum absolute atomic E-state index is 0.0746. The molecule has 0 aliphatic rings. The second-order valence-corrected chi connectivity index (χ2v) is 3.61. The third-order valence-corrected chi connectivity index (χ3v) is 2.31. The van der Waals surface area contributed by atoms with E-state index in [1.165, 1.54) is 18.2 Å². The van der Waals surface area contributed by atoms with Crippen molar-refractivity contribution in [2.45, 2.75) is 18.9 Å². The Bertz CT molecular complexity index is 496. The van der Waals surface area contributed by atoms with Gasteiger partial charge in [0.2, 0.25) is 5.91 Å². The van der Waals surface area contributed by atoms with Crippen molar-refractivity contribution >= 4 is 11.8 Å². The van der Waals surface area contributed by atoms with E-state index in [9.17, 15) is 14.0 Å². The Kier molecular flexibility index (Phi) is 4.81. The molecule has 1 rings (SSSR count). The van der Waals surface area contributed by atoms with Crippen LogP contribution in [-0.2, 0) is 4.79 Å². The highest BCUT2D eigenvalue weighted by Gasteiger charge is 2.20. The van der Waals surface area contributed by atoms with Crippen molar-refractivity contribution in [2.24, 2.45) is 5.73 Å². The molecule has 0 heterocycles. The molecule has 0 saturated heterocycles. The Hall–Kier alpha value is -2.42. The van der Waals surface area contributed by atoms with Gasteiger partial charge in [0.15, 0.2) is 0 Å². The number of benzene rings is 1. The van der Waals surface area contributed by atoms with Crippen LogP contribution < -0.4 is 11.1 Å². The predicted octanol–water partition coefficient (Wildman–Crippen LogP) is 0.713. The van der Waals surface area contributed by atoms with Gasteiger partial charge in [0, 0.05) is 6.42 Å². The van der Waals surface area contributed by atoms with E-state index in [-0.39, 0.29) is 18.4 Å². The van der Waals surface area contributed by atoms with Gasteiger partial charge in [-0.25, -0.2) is 4.39 Å². The number of nitriles is 1. The molecular formula is C12H12FN3O2. The monoisotopic (exact) mass is 249 g/mol. The fourth-order valence-corrected chi connectivity index (χ4v) is 1.38. The van der Waals surface area contributed by atoms with Crippen molar-refractivity contribution in [3.63, 3.8) is 0 Å². The lowest BCUT2D eigenvalue weighted by Gasteiger charge is -2.14. The first kappa shape index (κ1) is 13.6. The van der Waals surface area contributed by atoms with Gasteiger partial charge in [0.25, 0.3) is 5.91 Å². The zero-order chi connectivity index (χ0) is 13.5. The number of nitrogens with zero attached hydrogens (tertiary/aromatic N) is 1. The van der Waals surface area contributed by atoms with Gasteiger partial charge in [0.1, 0.15) is 11.9 Å². The number of amides is 2. The van der Waals surface area contributed by atoms with Gasteiger partial charge in [-0.1, -0.05) is 12.1 Å². The van der Waals surface area contributed by atoms with E-state index < -0.39 is 23.7 Å². The minimum Gasteiger partial charge on any atom is -0.368 e. The number of nitrogens with two attached hydrogens (primary N) is 1. The molecule has 0 radical (unpaired) electrons. The van der Waals surface area contributed by atoms with E-state index in [1.54, 1.807) is 0 Å². The topological polar surface area (TPSA) is 96.0 Å². The number of hydrogen-bond donors (Lipinski definition) is 2. The van der Waals surface area contributed by atoms with Crippen LogP contribution in [0.25, 0.3) is 0 Å². The molecule has 1 aromatic rings. The smallest absolute Gasteiger partial charge is 0.254 e. The zero-order valence-corrected chi connectivity index (χ0v) is 9.52. The SMILES string of the molecule is N#CCC[C@H](NC(=O)c1ccccc1F)C(N)=O. The van der Waals surface area contributed by atoms with Crippen molar-refractivity contribution in [2.75, 3.05) is 0 Å². The standard InChI is InChI=1S/C12H12FN3O2/c13-9-5-2-1-4-8(9)12(18)16-10(11(15)17)6-3-7-14/h1-2,4-5,10H,3,6H2,(H2,15,17)(H,16,18)/t10-/m0/s1. The Morgan fingerprint density at radius 2 is 2.11 bits per heavy atom. The number of hydrogen-bond acceptors (Lipinski definition) is 3. The maximum Gasteiger partial charge on any atom is 0.254 e. The van der Waals surface area contributed by atoms with Crippen LogP contribution in [0.3, 0.4) is 0 Å². The molecule has 0 fully saturated rings. The number of nitrogens with one attached hydrogen (secondary N) is 1. The van der Waals surface area contributed by atoms with Crippen LogP contribution in [0.5, 0.6) is 0 Å². The lowest BCUT2D eigenvalue weighted by atomic mass is 10.1. The largest absolute Gasteiger partial charge is 0.368 e. The van der Waals surface area contributed by atoms with Crippen LogP contribution in [0.4, 0.5) is 4.39 Å². The van der Waals surface area contributed by atoms with Crippen LogP contribution >= 0.6 is 0 Å². The fourth-order valence-electron chi connectivity index (χ4n) is 1.38. The second kappa shape index (κ2) is 6.35. The van der Waals surface area contributed by atoms with Gasteiger partial charge in [0.05, 0.1) is 11.6 Å². The molecule has 0 aliphatic carbocycles. The average molecular weight is 249 g/mol. The van der Waals surface area contributed by atoms with Crippen LogP contribution in [0, 0.1) is 17.1 Å². The molecule has 1 atom stereocenters. The molecule has 3 N–H and O–H groups in total. The molecule has 18 heavy (non-hydrogen) atoms. The predicted molar refractivity (Wildman–Crippen MR) is 61.7 cm³/mol. The van der Waals surface area contributed by atoms with Gasteiger partial charge in [-0.05, 0) is 18.6 Å². The Balaban J connectivity index is 2.76. The first-order valence-electron chi connectivity index (χ1n) is 5.28. The number of carbonyl (C=O) groups excluding carboxylic acids is 2. The number of carbonyl (C=O) groups is 2. The molecule has 94 valence electrons. The summed E-state index contributed by atoms with van der Waals surface area (Å²) in [5.41, 5.74) is 4.92. The maximum atomic E-state index is 13.3. The van der Waals surface area contributed by atoms with E-state index in [4.69, 9.17) is 11.0 Å². The molecule has 6 heteroatoms. The van der Waals surface area contributed by atoms with Crippen molar-refractivity contribution in [1.29, 1.82) is 5.26 Å². The maximum absolute atomic E-state index is 13.3. The number of primary amides is 1. The molecule has 0 saturated carbocycles. The summed E-state index contributed by atoms with van der Waals surface area (Å²) in [6.07, 6.45) is 0.178. The normalized spacial score (nSPS) is 11.3. The Morgan fingerprint density at radius 1 is 1.44 bits per heavy atom. The Labute approximate surface area is 103 Å². The van der Waals surface area contributed by atoms with Gasteiger partial charge >= 0.3 is 0 Å². The highest BCUT2D eigenvalue weighted by molar-refractivity contribution is 5.97. The quantitative estimate of drug-likeness (QED) is 0.804. The lowest BCUT2D eigenvalue weighted by molar-refractivity contribution is -0.119. The van der Waals surface area contributed by atoms with Crippen molar-refractivity contribution in [1.82, 2.24) is 5.32 Å². The molecule has 2 amide bonds. The summed E-state index contributed by atoms with van der Waals surface area (Å²) in [7, 11) is 0. The molecular weight excluding hydrogens is 237 g/mol. The molecule has 1 aromatic carbocycles. The zero-order valence-electron chi connectivity index (χ0n) is 9.52. The highest BCUT2D eigenvalue weighted by atomic mass is 19.1. The van der Waals surface area contributed by atoms with E-state index in [0.717, 1.165) is 6.07 Å². The van der Waals surface area contributed by atoms with E-state index >= 15 is 0 Å². The highest BCUT2D eigenvalue weighted by Crippen LogP contribution is 2.07. The third-order valence-electron chi connectivity index (χ3n) is 2.31. The molecule has 0 unspecified atom stereocenters. The van der Waals surface area contributed by atoms with Crippen LogP contribution in [-0.4, -0.2) is 17.9 Å². The average Bonchev–Trinajstić information content (AvgIpc) is 2.34. The summed E-state index contributed by atoms with van der Waals surface area (Å²) < 4.78 is 13.3. The summed E-state index contributed by atoms with van der Waals surface area (Å²) in [6.45, 7) is 0. The third kappa shape index (κ3) is 3.56. The molecule has 5 nitrogen and oxygen atoms in total. The van der Waals surface area contributed by atoms with Crippen molar-refractivity contribution in [3.8, 4) is 6.07 Å². The van der Waals surface area contributed by atoms with E-state index in [0.29, 0.717) is 0 Å². The van der Waals surface area contributed by atoms with E-state index in [2.05, 4.69) is 5.32 Å². The second-order valence-electron chi connectivity index (χ2n) is 3.61. The van der Waals surface area contributed by atoms with Gasteiger partial charge in [-0.15, -0.1) is 0 Å². The fraction of sp³-hybridized carbons (Fsp3) is 0.250. The summed E-state index contributed by atoms with van der Waals surface area (Å²) in [4.78, 5) is 22.8. The number of rotatable bonds is 5. The summed E-state index contributed by atoms with van der Waals surface area (Å²) in [5.74, 6) is -2.16. The van der Waals surface area contributed by atoms with Crippen molar-refractivity contribution in [3.05, 3.63) is 35.6 Å². The molecule has 0 bridgehead atoms.